The Labute approximate surface area is 159 Å². The highest BCUT2D eigenvalue weighted by atomic mass is 32.1. The molecule has 0 bridgehead atoms. The van der Waals surface area contributed by atoms with Crippen LogP contribution in [0, 0.1) is 0 Å². The maximum atomic E-state index is 12.5. The van der Waals surface area contributed by atoms with Gasteiger partial charge in [0.1, 0.15) is 0 Å². The van der Waals surface area contributed by atoms with Crippen molar-refractivity contribution < 1.29 is 4.79 Å². The van der Waals surface area contributed by atoms with E-state index < -0.39 is 0 Å². The van der Waals surface area contributed by atoms with E-state index in [1.807, 2.05) is 42.5 Å². The van der Waals surface area contributed by atoms with Crippen LogP contribution < -0.4 is 5.32 Å². The Morgan fingerprint density at radius 1 is 1.00 bits per heavy atom. The third kappa shape index (κ3) is 5.04. The molecule has 1 amide bonds. The van der Waals surface area contributed by atoms with E-state index in [0.717, 1.165) is 36.4 Å². The Balaban J connectivity index is 1.60. The van der Waals surface area contributed by atoms with Gasteiger partial charge in [-0.05, 0) is 29.6 Å². The lowest BCUT2D eigenvalue weighted by Gasteiger charge is -2.19. The molecule has 1 N–H and O–H groups in total. The van der Waals surface area contributed by atoms with Crippen molar-refractivity contribution in [2.24, 2.45) is 0 Å². The summed E-state index contributed by atoms with van der Waals surface area (Å²) < 4.78 is 0. The number of thiophene rings is 1. The van der Waals surface area contributed by atoms with E-state index in [-0.39, 0.29) is 5.91 Å². The van der Waals surface area contributed by atoms with Crippen LogP contribution in [0.15, 0.2) is 72.1 Å². The predicted octanol–water partition coefficient (Wildman–Crippen LogP) is 5.27. The molecule has 0 radical (unpaired) electrons. The number of hydrogen-bond acceptors (Lipinski definition) is 3. The first kappa shape index (κ1) is 18.4. The van der Waals surface area contributed by atoms with Crippen molar-refractivity contribution in [2.45, 2.75) is 19.9 Å². The van der Waals surface area contributed by atoms with E-state index in [1.165, 1.54) is 4.88 Å². The summed E-state index contributed by atoms with van der Waals surface area (Å²) in [4.78, 5) is 16.1. The van der Waals surface area contributed by atoms with Crippen molar-refractivity contribution in [1.29, 1.82) is 0 Å². The molecule has 2 aromatic carbocycles. The summed E-state index contributed by atoms with van der Waals surface area (Å²) in [6.45, 7) is 4.73. The molecule has 3 aromatic rings. The number of carbonyl (C=O) groups is 1. The van der Waals surface area contributed by atoms with Crippen LogP contribution in [0.3, 0.4) is 0 Å². The lowest BCUT2D eigenvalue weighted by atomic mass is 10.0. The van der Waals surface area contributed by atoms with Gasteiger partial charge in [-0.2, -0.15) is 0 Å². The van der Waals surface area contributed by atoms with Gasteiger partial charge in [-0.25, -0.2) is 0 Å². The zero-order valence-corrected chi connectivity index (χ0v) is 15.8. The summed E-state index contributed by atoms with van der Waals surface area (Å²) >= 11 is 1.76. The molecule has 0 saturated carbocycles. The van der Waals surface area contributed by atoms with Crippen LogP contribution in [0.5, 0.6) is 0 Å². The van der Waals surface area contributed by atoms with Crippen LogP contribution in [-0.2, 0) is 11.3 Å². The molecule has 0 fully saturated rings. The quantitative estimate of drug-likeness (QED) is 0.591. The molecular formula is C22H24N2OS. The molecule has 0 aliphatic carbocycles. The Morgan fingerprint density at radius 2 is 1.77 bits per heavy atom. The van der Waals surface area contributed by atoms with Crippen molar-refractivity contribution in [1.82, 2.24) is 4.90 Å². The molecule has 26 heavy (non-hydrogen) atoms. The number of rotatable bonds is 8. The Bertz CT molecular complexity index is 815. The normalized spacial score (nSPS) is 10.8. The summed E-state index contributed by atoms with van der Waals surface area (Å²) in [6.07, 6.45) is 0.488. The molecule has 3 rings (SSSR count). The molecule has 1 heterocycles. The highest BCUT2D eigenvalue weighted by Crippen LogP contribution is 2.27. The molecule has 0 spiro atoms. The van der Waals surface area contributed by atoms with Crippen LogP contribution in [0.2, 0.25) is 0 Å². The minimum Gasteiger partial charge on any atom is -0.325 e. The van der Waals surface area contributed by atoms with Gasteiger partial charge in [-0.15, -0.1) is 11.3 Å². The first-order valence-corrected chi connectivity index (χ1v) is 9.83. The average Bonchev–Trinajstić information content (AvgIpc) is 3.19. The third-order valence-corrected chi connectivity index (χ3v) is 5.21. The zero-order valence-electron chi connectivity index (χ0n) is 15.0. The van der Waals surface area contributed by atoms with Crippen LogP contribution in [0.25, 0.3) is 11.1 Å². The maximum absolute atomic E-state index is 12.5. The number of benzene rings is 2. The molecular weight excluding hydrogens is 340 g/mol. The standard InChI is InChI=1S/C22H24N2OS/c1-2-24(17-19-11-8-16-26-19)15-14-22(25)23-21-13-7-6-12-20(21)18-9-4-3-5-10-18/h3-13,16H,2,14-15,17H2,1H3,(H,23,25). The van der Waals surface area contributed by atoms with Crippen LogP contribution in [0.4, 0.5) is 5.69 Å². The lowest BCUT2D eigenvalue weighted by Crippen LogP contribution is -2.27. The SMILES string of the molecule is CCN(CCC(=O)Nc1ccccc1-c1ccccc1)Cc1cccs1. The average molecular weight is 365 g/mol. The summed E-state index contributed by atoms with van der Waals surface area (Å²) in [7, 11) is 0. The molecule has 1 aromatic heterocycles. The lowest BCUT2D eigenvalue weighted by molar-refractivity contribution is -0.116. The second kappa shape index (κ2) is 9.32. The van der Waals surface area contributed by atoms with Gasteiger partial charge in [0.15, 0.2) is 0 Å². The van der Waals surface area contributed by atoms with E-state index in [2.05, 4.69) is 46.8 Å². The first-order valence-electron chi connectivity index (χ1n) is 8.95. The first-order chi connectivity index (χ1) is 12.8. The smallest absolute Gasteiger partial charge is 0.225 e. The summed E-state index contributed by atoms with van der Waals surface area (Å²) in [5.41, 5.74) is 3.02. The zero-order chi connectivity index (χ0) is 18.2. The van der Waals surface area contributed by atoms with Gasteiger partial charge in [-0.1, -0.05) is 61.5 Å². The molecule has 0 unspecified atom stereocenters. The molecule has 0 aliphatic rings. The van der Waals surface area contributed by atoms with Gasteiger partial charge < -0.3 is 5.32 Å². The maximum Gasteiger partial charge on any atom is 0.225 e. The fourth-order valence-corrected chi connectivity index (χ4v) is 3.65. The van der Waals surface area contributed by atoms with Crippen molar-refractivity contribution in [3.05, 3.63) is 77.0 Å². The number of hydrogen-bond donors (Lipinski definition) is 1. The van der Waals surface area contributed by atoms with Crippen molar-refractivity contribution in [3.63, 3.8) is 0 Å². The number of anilines is 1. The van der Waals surface area contributed by atoms with E-state index in [0.29, 0.717) is 6.42 Å². The molecule has 0 atom stereocenters. The van der Waals surface area contributed by atoms with E-state index in [4.69, 9.17) is 0 Å². The Kier molecular flexibility index (Phi) is 6.58. The van der Waals surface area contributed by atoms with Gasteiger partial charge >= 0.3 is 0 Å². The molecule has 0 aliphatic heterocycles. The Hall–Kier alpha value is -2.43. The van der Waals surface area contributed by atoms with Gasteiger partial charge in [0.25, 0.3) is 0 Å². The van der Waals surface area contributed by atoms with Crippen molar-refractivity contribution >= 4 is 22.9 Å². The van der Waals surface area contributed by atoms with E-state index in [1.54, 1.807) is 11.3 Å². The Morgan fingerprint density at radius 3 is 2.50 bits per heavy atom. The number of nitrogens with one attached hydrogen (secondary N) is 1. The van der Waals surface area contributed by atoms with Crippen LogP contribution in [0.1, 0.15) is 18.2 Å². The number of nitrogens with zero attached hydrogens (tertiary/aromatic N) is 1. The minimum absolute atomic E-state index is 0.0537. The molecule has 0 saturated heterocycles. The van der Waals surface area contributed by atoms with Crippen molar-refractivity contribution in [3.8, 4) is 11.1 Å². The van der Waals surface area contributed by atoms with Gasteiger partial charge in [0.05, 0.1) is 0 Å². The predicted molar refractivity (Wildman–Crippen MR) is 110 cm³/mol. The highest BCUT2D eigenvalue weighted by Gasteiger charge is 2.11. The minimum atomic E-state index is 0.0537. The molecule has 3 nitrogen and oxygen atoms in total. The van der Waals surface area contributed by atoms with Gasteiger partial charge in [-0.3, -0.25) is 9.69 Å². The third-order valence-electron chi connectivity index (χ3n) is 4.35. The van der Waals surface area contributed by atoms with E-state index in [9.17, 15) is 4.79 Å². The fraction of sp³-hybridized carbons (Fsp3) is 0.227. The number of amides is 1. The number of para-hydroxylation sites is 1. The van der Waals surface area contributed by atoms with Crippen molar-refractivity contribution in [2.75, 3.05) is 18.4 Å². The largest absolute Gasteiger partial charge is 0.325 e. The number of carbonyl (C=O) groups excluding carboxylic acids is 1. The van der Waals surface area contributed by atoms with Gasteiger partial charge in [0, 0.05) is 35.6 Å². The topological polar surface area (TPSA) is 32.3 Å². The summed E-state index contributed by atoms with van der Waals surface area (Å²) in [5.74, 6) is 0.0537. The molecule has 4 heteroatoms. The summed E-state index contributed by atoms with van der Waals surface area (Å²) in [5, 5.41) is 5.18. The fourth-order valence-electron chi connectivity index (χ4n) is 2.91. The van der Waals surface area contributed by atoms with Gasteiger partial charge in [0.2, 0.25) is 5.91 Å². The highest BCUT2D eigenvalue weighted by molar-refractivity contribution is 7.09. The van der Waals surface area contributed by atoms with Crippen LogP contribution >= 0.6 is 11.3 Å². The monoisotopic (exact) mass is 364 g/mol. The molecule has 134 valence electrons. The second-order valence-electron chi connectivity index (χ2n) is 6.16. The van der Waals surface area contributed by atoms with Crippen LogP contribution in [-0.4, -0.2) is 23.9 Å². The summed E-state index contributed by atoms with van der Waals surface area (Å²) in [6, 6.07) is 22.3. The second-order valence-corrected chi connectivity index (χ2v) is 7.19. The van der Waals surface area contributed by atoms with E-state index >= 15 is 0 Å².